The van der Waals surface area contributed by atoms with Crippen molar-refractivity contribution in [2.45, 2.75) is 6.92 Å². The van der Waals surface area contributed by atoms with E-state index < -0.39 is 0 Å². The third-order valence-corrected chi connectivity index (χ3v) is 3.52. The van der Waals surface area contributed by atoms with Crippen molar-refractivity contribution in [2.75, 3.05) is 7.11 Å². The van der Waals surface area contributed by atoms with Crippen LogP contribution in [0.3, 0.4) is 0 Å². The van der Waals surface area contributed by atoms with Crippen LogP contribution in [0.4, 0.5) is 0 Å². The molecule has 0 saturated heterocycles. The molecule has 0 N–H and O–H groups in total. The highest BCUT2D eigenvalue weighted by Gasteiger charge is 2.03. The minimum Gasteiger partial charge on any atom is -0.497 e. The molecule has 2 rings (SSSR count). The summed E-state index contributed by atoms with van der Waals surface area (Å²) in [4.78, 5) is 13.8. The number of rotatable bonds is 4. The average molecular weight is 258 g/mol. The molecule has 0 aliphatic heterocycles. The third-order valence-electron chi connectivity index (χ3n) is 2.50. The van der Waals surface area contributed by atoms with Crippen LogP contribution in [0.2, 0.25) is 0 Å². The summed E-state index contributed by atoms with van der Waals surface area (Å²) in [5.74, 6) is 0.826. The van der Waals surface area contributed by atoms with Crippen molar-refractivity contribution in [1.82, 2.24) is 0 Å². The van der Waals surface area contributed by atoms with E-state index in [0.29, 0.717) is 0 Å². The van der Waals surface area contributed by atoms with Gasteiger partial charge in [0.05, 0.1) is 12.0 Å². The molecule has 0 amide bonds. The predicted molar refractivity (Wildman–Crippen MR) is 75.4 cm³/mol. The average Bonchev–Trinajstić information content (AvgIpc) is 2.83. The SMILES string of the molecule is COc1cccc(C=CC(=O)c2ccc(C)s2)c1. The Kier molecular flexibility index (Phi) is 3.95. The van der Waals surface area contributed by atoms with E-state index in [0.717, 1.165) is 21.1 Å². The Morgan fingerprint density at radius 2 is 2.11 bits per heavy atom. The van der Waals surface area contributed by atoms with Gasteiger partial charge in [0.15, 0.2) is 5.78 Å². The van der Waals surface area contributed by atoms with E-state index in [4.69, 9.17) is 4.74 Å². The second-order valence-electron chi connectivity index (χ2n) is 3.88. The van der Waals surface area contributed by atoms with Crippen molar-refractivity contribution in [1.29, 1.82) is 0 Å². The predicted octanol–water partition coefficient (Wildman–Crippen LogP) is 3.96. The van der Waals surface area contributed by atoms with Gasteiger partial charge in [0.25, 0.3) is 0 Å². The van der Waals surface area contributed by atoms with Crippen LogP contribution >= 0.6 is 11.3 Å². The molecule has 0 fully saturated rings. The molecule has 0 saturated carbocycles. The summed E-state index contributed by atoms with van der Waals surface area (Å²) >= 11 is 1.51. The first kappa shape index (κ1) is 12.6. The fraction of sp³-hybridized carbons (Fsp3) is 0.133. The lowest BCUT2D eigenvalue weighted by atomic mass is 10.2. The van der Waals surface area contributed by atoms with Crippen molar-refractivity contribution in [3.63, 3.8) is 0 Å². The minimum absolute atomic E-state index is 0.0379. The van der Waals surface area contributed by atoms with Crippen molar-refractivity contribution >= 4 is 23.2 Å². The number of carbonyl (C=O) groups is 1. The van der Waals surface area contributed by atoms with Gasteiger partial charge in [-0.25, -0.2) is 0 Å². The summed E-state index contributed by atoms with van der Waals surface area (Å²) in [6.45, 7) is 1.99. The fourth-order valence-electron chi connectivity index (χ4n) is 1.57. The Hall–Kier alpha value is -1.87. The Morgan fingerprint density at radius 1 is 1.28 bits per heavy atom. The maximum absolute atomic E-state index is 11.9. The van der Waals surface area contributed by atoms with Gasteiger partial charge in [-0.1, -0.05) is 18.2 Å². The van der Waals surface area contributed by atoms with Crippen molar-refractivity contribution in [2.24, 2.45) is 0 Å². The second kappa shape index (κ2) is 5.65. The first-order valence-corrected chi connectivity index (χ1v) is 6.43. The van der Waals surface area contributed by atoms with Crippen molar-refractivity contribution < 1.29 is 9.53 Å². The molecule has 0 radical (unpaired) electrons. The Bertz CT molecular complexity index is 582. The Balaban J connectivity index is 2.12. The summed E-state index contributed by atoms with van der Waals surface area (Å²) in [6, 6.07) is 11.4. The lowest BCUT2D eigenvalue weighted by Crippen LogP contribution is -1.89. The molecule has 0 aliphatic rings. The van der Waals surface area contributed by atoms with E-state index in [-0.39, 0.29) is 5.78 Å². The highest BCUT2D eigenvalue weighted by molar-refractivity contribution is 7.14. The second-order valence-corrected chi connectivity index (χ2v) is 5.17. The molecule has 2 nitrogen and oxygen atoms in total. The van der Waals surface area contributed by atoms with E-state index in [1.807, 2.05) is 43.3 Å². The summed E-state index contributed by atoms with van der Waals surface area (Å²) in [6.07, 6.45) is 3.40. The van der Waals surface area contributed by atoms with Crippen LogP contribution in [0.15, 0.2) is 42.5 Å². The van der Waals surface area contributed by atoms with E-state index >= 15 is 0 Å². The molecule has 0 spiro atoms. The summed E-state index contributed by atoms with van der Waals surface area (Å²) in [5.41, 5.74) is 0.955. The molecule has 3 heteroatoms. The third kappa shape index (κ3) is 3.08. The number of ketones is 1. The Labute approximate surface area is 111 Å². The minimum atomic E-state index is 0.0379. The molecular formula is C15H14O2S. The molecule has 1 heterocycles. The number of methoxy groups -OCH3 is 1. The molecule has 18 heavy (non-hydrogen) atoms. The van der Waals surface area contributed by atoms with Gasteiger partial charge in [0.1, 0.15) is 5.75 Å². The molecule has 0 unspecified atom stereocenters. The first-order chi connectivity index (χ1) is 8.69. The maximum Gasteiger partial charge on any atom is 0.195 e. The number of ether oxygens (including phenoxy) is 1. The molecule has 1 aromatic carbocycles. The number of hydrogen-bond acceptors (Lipinski definition) is 3. The van der Waals surface area contributed by atoms with Gasteiger partial charge < -0.3 is 4.74 Å². The lowest BCUT2D eigenvalue weighted by Gasteiger charge is -1.99. The van der Waals surface area contributed by atoms with E-state index in [1.54, 1.807) is 19.3 Å². The number of aryl methyl sites for hydroxylation is 1. The van der Waals surface area contributed by atoms with Crippen molar-refractivity contribution in [3.8, 4) is 5.75 Å². The monoisotopic (exact) mass is 258 g/mol. The highest BCUT2D eigenvalue weighted by atomic mass is 32.1. The smallest absolute Gasteiger partial charge is 0.195 e. The fourth-order valence-corrected chi connectivity index (χ4v) is 2.35. The summed E-state index contributed by atoms with van der Waals surface area (Å²) < 4.78 is 5.13. The Morgan fingerprint density at radius 3 is 2.78 bits per heavy atom. The standard InChI is InChI=1S/C15H14O2S/c1-11-6-9-15(18-11)14(16)8-7-12-4-3-5-13(10-12)17-2/h3-10H,1-2H3. The van der Waals surface area contributed by atoms with Crippen LogP contribution in [-0.2, 0) is 0 Å². The normalized spacial score (nSPS) is 10.8. The zero-order valence-corrected chi connectivity index (χ0v) is 11.2. The summed E-state index contributed by atoms with van der Waals surface area (Å²) in [5, 5.41) is 0. The van der Waals surface area contributed by atoms with Crippen molar-refractivity contribution in [3.05, 3.63) is 57.8 Å². The van der Waals surface area contributed by atoms with Crippen LogP contribution in [0.1, 0.15) is 20.1 Å². The first-order valence-electron chi connectivity index (χ1n) is 5.62. The van der Waals surface area contributed by atoms with Crippen LogP contribution in [0.5, 0.6) is 5.75 Å². The molecule has 1 aromatic heterocycles. The zero-order chi connectivity index (χ0) is 13.0. The van der Waals surface area contributed by atoms with Gasteiger partial charge in [-0.15, -0.1) is 11.3 Å². The molecule has 0 aliphatic carbocycles. The lowest BCUT2D eigenvalue weighted by molar-refractivity contribution is 0.105. The van der Waals surface area contributed by atoms with Gasteiger partial charge in [0, 0.05) is 4.88 Å². The van der Waals surface area contributed by atoms with Crippen LogP contribution < -0.4 is 4.74 Å². The largest absolute Gasteiger partial charge is 0.497 e. The zero-order valence-electron chi connectivity index (χ0n) is 10.3. The van der Waals surface area contributed by atoms with Crippen LogP contribution in [-0.4, -0.2) is 12.9 Å². The number of hydrogen-bond donors (Lipinski definition) is 0. The molecule has 92 valence electrons. The van der Waals surface area contributed by atoms with E-state index in [2.05, 4.69) is 0 Å². The number of carbonyl (C=O) groups excluding carboxylic acids is 1. The quantitative estimate of drug-likeness (QED) is 0.613. The van der Waals surface area contributed by atoms with Gasteiger partial charge in [-0.3, -0.25) is 4.79 Å². The van der Waals surface area contributed by atoms with Crippen LogP contribution in [0, 0.1) is 6.92 Å². The topological polar surface area (TPSA) is 26.3 Å². The van der Waals surface area contributed by atoms with Gasteiger partial charge in [-0.2, -0.15) is 0 Å². The summed E-state index contributed by atoms with van der Waals surface area (Å²) in [7, 11) is 1.63. The van der Waals surface area contributed by atoms with E-state index in [9.17, 15) is 4.79 Å². The number of allylic oxidation sites excluding steroid dienone is 1. The highest BCUT2D eigenvalue weighted by Crippen LogP contribution is 2.17. The number of thiophene rings is 1. The molecule has 2 aromatic rings. The van der Waals surface area contributed by atoms with Gasteiger partial charge in [-0.05, 0) is 42.8 Å². The van der Waals surface area contributed by atoms with E-state index in [1.165, 1.54) is 11.3 Å². The van der Waals surface area contributed by atoms with Gasteiger partial charge >= 0.3 is 0 Å². The molecular weight excluding hydrogens is 244 g/mol. The van der Waals surface area contributed by atoms with Gasteiger partial charge in [0.2, 0.25) is 0 Å². The molecule has 0 bridgehead atoms. The molecule has 0 atom stereocenters. The maximum atomic E-state index is 11.9. The van der Waals surface area contributed by atoms with Crippen LogP contribution in [0.25, 0.3) is 6.08 Å². The number of benzene rings is 1.